The number of anilines is 3. The second kappa shape index (κ2) is 6.90. The highest BCUT2D eigenvalue weighted by Crippen LogP contribution is 2.27. The maximum absolute atomic E-state index is 12.7. The zero-order valence-electron chi connectivity index (χ0n) is 15.2. The van der Waals surface area contributed by atoms with Crippen molar-refractivity contribution >= 4 is 23.1 Å². The molecule has 0 saturated carbocycles. The van der Waals surface area contributed by atoms with Crippen LogP contribution in [0, 0.1) is 6.92 Å². The van der Waals surface area contributed by atoms with E-state index in [1.165, 1.54) is 11.3 Å². The molecule has 5 nitrogen and oxygen atoms in total. The van der Waals surface area contributed by atoms with E-state index in [0.717, 1.165) is 55.8 Å². The highest BCUT2D eigenvalue weighted by molar-refractivity contribution is 5.91. The molecular weight excluding hydrogens is 324 g/mol. The van der Waals surface area contributed by atoms with Crippen LogP contribution < -0.4 is 16.0 Å². The molecule has 2 aliphatic heterocycles. The van der Waals surface area contributed by atoms with E-state index < -0.39 is 0 Å². The van der Waals surface area contributed by atoms with Crippen LogP contribution in [0.4, 0.5) is 21.9 Å². The number of carbonyl (C=O) groups excluding carboxylic acids is 1. The number of para-hydroxylation sites is 1. The van der Waals surface area contributed by atoms with Crippen molar-refractivity contribution in [2.45, 2.75) is 32.2 Å². The second-order valence-electron chi connectivity index (χ2n) is 7.29. The summed E-state index contributed by atoms with van der Waals surface area (Å²) >= 11 is 0. The van der Waals surface area contributed by atoms with Crippen LogP contribution in [0.15, 0.2) is 42.5 Å². The average Bonchev–Trinajstić information content (AvgIpc) is 2.82. The SMILES string of the molecule is Cc1cc(N2CCC(N3CCc4ccccc4NC3=O)CC2)ccc1N. The fraction of sp³-hybridized carbons (Fsp3) is 0.381. The Morgan fingerprint density at radius 1 is 1.08 bits per heavy atom. The minimum absolute atomic E-state index is 0.0386. The standard InChI is InChI=1S/C21H26N4O/c1-15-14-18(6-7-19(15)22)24-11-9-17(10-12-24)25-13-8-16-4-2-3-5-20(16)23-21(25)26/h2-7,14,17H,8-13,22H2,1H3,(H,23,26). The smallest absolute Gasteiger partial charge is 0.322 e. The molecule has 2 aromatic carbocycles. The van der Waals surface area contributed by atoms with E-state index in [1.807, 2.05) is 36.1 Å². The van der Waals surface area contributed by atoms with Crippen LogP contribution >= 0.6 is 0 Å². The van der Waals surface area contributed by atoms with Crippen LogP contribution in [0.1, 0.15) is 24.0 Å². The van der Waals surface area contributed by atoms with Gasteiger partial charge in [0.1, 0.15) is 0 Å². The summed E-state index contributed by atoms with van der Waals surface area (Å²) in [6.07, 6.45) is 2.90. The molecule has 1 fully saturated rings. The molecule has 136 valence electrons. The maximum Gasteiger partial charge on any atom is 0.322 e. The Bertz CT molecular complexity index is 811. The normalized spacial score (nSPS) is 18.3. The number of nitrogen functional groups attached to an aromatic ring is 1. The minimum atomic E-state index is 0.0386. The number of carbonyl (C=O) groups is 1. The molecule has 0 aromatic heterocycles. The summed E-state index contributed by atoms with van der Waals surface area (Å²) in [4.78, 5) is 17.1. The summed E-state index contributed by atoms with van der Waals surface area (Å²) in [6.45, 7) is 4.76. The van der Waals surface area contributed by atoms with Crippen molar-refractivity contribution in [3.8, 4) is 0 Å². The molecular formula is C21H26N4O. The van der Waals surface area contributed by atoms with Gasteiger partial charge in [0.05, 0.1) is 0 Å². The number of nitrogens with one attached hydrogen (secondary N) is 1. The molecule has 5 heteroatoms. The third-order valence-corrected chi connectivity index (χ3v) is 5.67. The van der Waals surface area contributed by atoms with Crippen LogP contribution in [0.2, 0.25) is 0 Å². The van der Waals surface area contributed by atoms with Gasteiger partial charge < -0.3 is 20.9 Å². The van der Waals surface area contributed by atoms with Gasteiger partial charge in [0, 0.05) is 42.7 Å². The number of fused-ring (bicyclic) bond motifs is 1. The first-order valence-corrected chi connectivity index (χ1v) is 9.38. The van der Waals surface area contributed by atoms with Crippen LogP contribution in [-0.2, 0) is 6.42 Å². The van der Waals surface area contributed by atoms with Crippen LogP contribution in [0.5, 0.6) is 0 Å². The van der Waals surface area contributed by atoms with E-state index >= 15 is 0 Å². The average molecular weight is 350 g/mol. The molecule has 2 aromatic rings. The van der Waals surface area contributed by atoms with Crippen molar-refractivity contribution in [2.75, 3.05) is 35.6 Å². The zero-order valence-corrected chi connectivity index (χ0v) is 15.2. The van der Waals surface area contributed by atoms with Crippen molar-refractivity contribution < 1.29 is 4.79 Å². The lowest BCUT2D eigenvalue weighted by Gasteiger charge is -2.39. The fourth-order valence-corrected chi connectivity index (χ4v) is 4.03. The van der Waals surface area contributed by atoms with E-state index in [2.05, 4.69) is 28.4 Å². The Balaban J connectivity index is 1.42. The van der Waals surface area contributed by atoms with Crippen molar-refractivity contribution in [1.29, 1.82) is 0 Å². The van der Waals surface area contributed by atoms with Crippen LogP contribution in [0.25, 0.3) is 0 Å². The lowest BCUT2D eigenvalue weighted by Crippen LogP contribution is -2.48. The van der Waals surface area contributed by atoms with Gasteiger partial charge in [0.2, 0.25) is 0 Å². The van der Waals surface area contributed by atoms with Crippen molar-refractivity contribution in [3.05, 3.63) is 53.6 Å². The summed E-state index contributed by atoms with van der Waals surface area (Å²) in [7, 11) is 0. The monoisotopic (exact) mass is 350 g/mol. The summed E-state index contributed by atoms with van der Waals surface area (Å²) in [5.74, 6) is 0. The molecule has 0 unspecified atom stereocenters. The second-order valence-corrected chi connectivity index (χ2v) is 7.29. The third-order valence-electron chi connectivity index (χ3n) is 5.67. The van der Waals surface area contributed by atoms with E-state index in [0.29, 0.717) is 6.04 Å². The van der Waals surface area contributed by atoms with Gasteiger partial charge in [-0.15, -0.1) is 0 Å². The minimum Gasteiger partial charge on any atom is -0.399 e. The molecule has 2 aliphatic rings. The number of aryl methyl sites for hydroxylation is 1. The molecule has 2 amide bonds. The molecule has 2 heterocycles. The number of piperidine rings is 1. The van der Waals surface area contributed by atoms with E-state index in [-0.39, 0.29) is 6.03 Å². The van der Waals surface area contributed by atoms with E-state index in [4.69, 9.17) is 5.73 Å². The summed E-state index contributed by atoms with van der Waals surface area (Å²) in [5, 5.41) is 3.09. The first-order chi connectivity index (χ1) is 12.6. The zero-order chi connectivity index (χ0) is 18.1. The van der Waals surface area contributed by atoms with Gasteiger partial charge in [0.15, 0.2) is 0 Å². The number of nitrogens with zero attached hydrogens (tertiary/aromatic N) is 2. The van der Waals surface area contributed by atoms with Gasteiger partial charge in [-0.1, -0.05) is 18.2 Å². The Kier molecular flexibility index (Phi) is 4.45. The van der Waals surface area contributed by atoms with Gasteiger partial charge >= 0.3 is 6.03 Å². The van der Waals surface area contributed by atoms with E-state index in [9.17, 15) is 4.79 Å². The highest BCUT2D eigenvalue weighted by Gasteiger charge is 2.30. The predicted octanol–water partition coefficient (Wildman–Crippen LogP) is 3.64. The highest BCUT2D eigenvalue weighted by atomic mass is 16.2. The van der Waals surface area contributed by atoms with Gasteiger partial charge in [-0.2, -0.15) is 0 Å². The lowest BCUT2D eigenvalue weighted by molar-refractivity contribution is 0.177. The Labute approximate surface area is 154 Å². The van der Waals surface area contributed by atoms with Gasteiger partial charge in [-0.25, -0.2) is 4.79 Å². The number of urea groups is 1. The molecule has 4 rings (SSSR count). The number of rotatable bonds is 2. The Morgan fingerprint density at radius 3 is 2.62 bits per heavy atom. The molecule has 0 aliphatic carbocycles. The molecule has 0 atom stereocenters. The third kappa shape index (κ3) is 3.21. The Hall–Kier alpha value is -2.69. The number of amides is 2. The topological polar surface area (TPSA) is 61.6 Å². The van der Waals surface area contributed by atoms with Crippen molar-refractivity contribution in [1.82, 2.24) is 4.90 Å². The van der Waals surface area contributed by atoms with Crippen molar-refractivity contribution in [2.24, 2.45) is 0 Å². The summed E-state index contributed by atoms with van der Waals surface area (Å²) < 4.78 is 0. The first-order valence-electron chi connectivity index (χ1n) is 9.38. The van der Waals surface area contributed by atoms with Crippen LogP contribution in [-0.4, -0.2) is 36.6 Å². The lowest BCUT2D eigenvalue weighted by atomic mass is 10.0. The molecule has 0 spiro atoms. The Morgan fingerprint density at radius 2 is 1.85 bits per heavy atom. The van der Waals surface area contributed by atoms with Gasteiger partial charge in [-0.05, 0) is 61.6 Å². The number of benzene rings is 2. The molecule has 1 saturated heterocycles. The summed E-state index contributed by atoms with van der Waals surface area (Å²) in [5.41, 5.74) is 11.3. The predicted molar refractivity (Wildman–Crippen MR) is 107 cm³/mol. The number of nitrogens with two attached hydrogens (primary N) is 1. The molecule has 26 heavy (non-hydrogen) atoms. The molecule has 0 bridgehead atoms. The summed E-state index contributed by atoms with van der Waals surface area (Å²) in [6, 6.07) is 14.7. The van der Waals surface area contributed by atoms with Gasteiger partial charge in [-0.3, -0.25) is 0 Å². The number of hydrogen-bond acceptors (Lipinski definition) is 3. The van der Waals surface area contributed by atoms with Crippen LogP contribution in [0.3, 0.4) is 0 Å². The molecule has 0 radical (unpaired) electrons. The van der Waals surface area contributed by atoms with Gasteiger partial charge in [0.25, 0.3) is 0 Å². The maximum atomic E-state index is 12.7. The quantitative estimate of drug-likeness (QED) is 0.813. The molecule has 3 N–H and O–H groups in total. The van der Waals surface area contributed by atoms with E-state index in [1.54, 1.807) is 0 Å². The largest absolute Gasteiger partial charge is 0.399 e. The number of hydrogen-bond donors (Lipinski definition) is 2. The van der Waals surface area contributed by atoms with Crippen molar-refractivity contribution in [3.63, 3.8) is 0 Å². The first kappa shape index (κ1) is 16.8. The fourth-order valence-electron chi connectivity index (χ4n) is 4.03.